The normalized spacial score (nSPS) is 17.1. The lowest BCUT2D eigenvalue weighted by molar-refractivity contribution is 0.283. The first-order valence-corrected chi connectivity index (χ1v) is 8.30. The van der Waals surface area contributed by atoms with Crippen LogP contribution >= 0.6 is 24.0 Å². The largest absolute Gasteiger partial charge is 0.357 e. The highest BCUT2D eigenvalue weighted by Gasteiger charge is 2.31. The minimum atomic E-state index is 0. The van der Waals surface area contributed by atoms with Gasteiger partial charge in [0.05, 0.1) is 6.54 Å². The summed E-state index contributed by atoms with van der Waals surface area (Å²) in [7, 11) is 2.04. The molecule has 126 valence electrons. The molecule has 0 aliphatic heterocycles. The molecule has 2 N–H and O–H groups in total. The lowest BCUT2D eigenvalue weighted by Crippen LogP contribution is -2.42. The second kappa shape index (κ2) is 9.43. The molecule has 1 aliphatic rings. The van der Waals surface area contributed by atoms with Crippen molar-refractivity contribution in [3.63, 3.8) is 0 Å². The number of aryl methyl sites for hydroxylation is 1. The lowest BCUT2D eigenvalue weighted by atomic mass is 9.83. The van der Waals surface area contributed by atoms with E-state index in [1.807, 2.05) is 7.05 Å². The quantitative estimate of drug-likeness (QED) is 0.421. The van der Waals surface area contributed by atoms with Crippen LogP contribution in [0.3, 0.4) is 0 Å². The molecule has 0 bridgehead atoms. The molecule has 0 amide bonds. The molecule has 1 aliphatic carbocycles. The zero-order valence-electron chi connectivity index (χ0n) is 14.2. The van der Waals surface area contributed by atoms with Crippen LogP contribution in [0.1, 0.15) is 51.5 Å². The summed E-state index contributed by atoms with van der Waals surface area (Å²) >= 11 is 0. The second-order valence-corrected chi connectivity index (χ2v) is 6.29. The number of hydrogen-bond donors (Lipinski definition) is 2. The molecule has 0 unspecified atom stereocenters. The first-order chi connectivity index (χ1) is 10.2. The molecule has 4 nitrogen and oxygen atoms in total. The average Bonchev–Trinajstić information content (AvgIpc) is 3.12. The molecule has 2 rings (SSSR count). The number of nitrogens with zero attached hydrogens (tertiary/aromatic N) is 2. The van der Waals surface area contributed by atoms with Crippen molar-refractivity contribution in [2.75, 3.05) is 13.1 Å². The molecule has 1 fully saturated rings. The fourth-order valence-corrected chi connectivity index (χ4v) is 3.22. The molecule has 5 heteroatoms. The Morgan fingerprint density at radius 2 is 2.00 bits per heavy atom. The molecule has 1 saturated carbocycles. The van der Waals surface area contributed by atoms with Crippen molar-refractivity contribution in [1.29, 1.82) is 0 Å². The van der Waals surface area contributed by atoms with Crippen molar-refractivity contribution >= 4 is 29.9 Å². The van der Waals surface area contributed by atoms with Gasteiger partial charge in [0.25, 0.3) is 0 Å². The summed E-state index contributed by atoms with van der Waals surface area (Å²) in [5, 5.41) is 6.92. The summed E-state index contributed by atoms with van der Waals surface area (Å²) in [6.45, 7) is 7.12. The zero-order valence-corrected chi connectivity index (χ0v) is 16.5. The molecule has 22 heavy (non-hydrogen) atoms. The number of aromatic nitrogens is 1. The first kappa shape index (κ1) is 19.3. The van der Waals surface area contributed by atoms with Crippen LogP contribution in [0.15, 0.2) is 23.5 Å². The fourth-order valence-electron chi connectivity index (χ4n) is 3.22. The van der Waals surface area contributed by atoms with E-state index in [1.165, 1.54) is 37.7 Å². The van der Waals surface area contributed by atoms with Gasteiger partial charge in [-0.1, -0.05) is 19.8 Å². The van der Waals surface area contributed by atoms with Crippen LogP contribution < -0.4 is 10.6 Å². The number of rotatable bonds is 6. The maximum absolute atomic E-state index is 4.70. The van der Waals surface area contributed by atoms with Gasteiger partial charge in [-0.25, -0.2) is 4.99 Å². The molecule has 0 atom stereocenters. The summed E-state index contributed by atoms with van der Waals surface area (Å²) in [6, 6.07) is 2.12. The Bertz CT molecular complexity index is 461. The van der Waals surface area contributed by atoms with Crippen LogP contribution in [0.5, 0.6) is 0 Å². The van der Waals surface area contributed by atoms with Crippen LogP contribution in [-0.2, 0) is 13.6 Å². The predicted octanol–water partition coefficient (Wildman–Crippen LogP) is 3.67. The Balaban J connectivity index is 0.00000242. The fraction of sp³-hybridized carbons (Fsp3) is 0.706. The molecular weight excluding hydrogens is 387 g/mol. The predicted molar refractivity (Wildman–Crippen MR) is 105 cm³/mol. The van der Waals surface area contributed by atoms with Gasteiger partial charge in [-0.15, -0.1) is 24.0 Å². The zero-order chi connectivity index (χ0) is 15.1. The third-order valence-electron chi connectivity index (χ3n) is 4.70. The van der Waals surface area contributed by atoms with Crippen molar-refractivity contribution in [2.45, 2.75) is 52.5 Å². The molecule has 0 spiro atoms. The topological polar surface area (TPSA) is 41.4 Å². The van der Waals surface area contributed by atoms with Gasteiger partial charge in [0.2, 0.25) is 0 Å². The Labute approximate surface area is 152 Å². The van der Waals surface area contributed by atoms with Crippen LogP contribution in [0.2, 0.25) is 0 Å². The highest BCUT2D eigenvalue weighted by molar-refractivity contribution is 14.0. The van der Waals surface area contributed by atoms with E-state index < -0.39 is 0 Å². The van der Waals surface area contributed by atoms with Crippen LogP contribution in [0.4, 0.5) is 0 Å². The number of guanidine groups is 1. The monoisotopic (exact) mass is 418 g/mol. The first-order valence-electron chi connectivity index (χ1n) is 8.30. The average molecular weight is 418 g/mol. The van der Waals surface area contributed by atoms with E-state index in [0.717, 1.165) is 25.6 Å². The molecule has 1 heterocycles. The summed E-state index contributed by atoms with van der Waals surface area (Å²) in [5.74, 6) is 0.945. The van der Waals surface area contributed by atoms with Crippen molar-refractivity contribution < 1.29 is 0 Å². The number of halogens is 1. The highest BCUT2D eigenvalue weighted by atomic mass is 127. The van der Waals surface area contributed by atoms with Crippen molar-refractivity contribution in [3.05, 3.63) is 24.0 Å². The van der Waals surface area contributed by atoms with Gasteiger partial charge in [0, 0.05) is 32.5 Å². The van der Waals surface area contributed by atoms with E-state index in [4.69, 9.17) is 4.99 Å². The van der Waals surface area contributed by atoms with Crippen molar-refractivity contribution in [2.24, 2.45) is 17.5 Å². The van der Waals surface area contributed by atoms with Gasteiger partial charge in [0.15, 0.2) is 5.96 Å². The van der Waals surface area contributed by atoms with Gasteiger partial charge in [-0.3, -0.25) is 0 Å². The van der Waals surface area contributed by atoms with E-state index in [2.05, 4.69) is 47.5 Å². The Kier molecular flexibility index (Phi) is 8.28. The molecule has 0 radical (unpaired) electrons. The third-order valence-corrected chi connectivity index (χ3v) is 4.70. The minimum Gasteiger partial charge on any atom is -0.357 e. The number of hydrogen-bond acceptors (Lipinski definition) is 1. The Hall–Kier alpha value is -0.720. The van der Waals surface area contributed by atoms with Gasteiger partial charge in [-0.2, -0.15) is 0 Å². The minimum absolute atomic E-state index is 0. The third kappa shape index (κ3) is 5.48. The molecule has 1 aromatic heterocycles. The SMILES string of the molecule is CCNC(=NCc1ccn(C)c1)NCC1(CC)CCCC1.I. The highest BCUT2D eigenvalue weighted by Crippen LogP contribution is 2.40. The van der Waals surface area contributed by atoms with Gasteiger partial charge in [-0.05, 0) is 43.2 Å². The summed E-state index contributed by atoms with van der Waals surface area (Å²) < 4.78 is 2.07. The summed E-state index contributed by atoms with van der Waals surface area (Å²) in [5.41, 5.74) is 1.74. The van der Waals surface area contributed by atoms with Crippen molar-refractivity contribution in [1.82, 2.24) is 15.2 Å². The lowest BCUT2D eigenvalue weighted by Gasteiger charge is -2.28. The maximum Gasteiger partial charge on any atom is 0.191 e. The number of nitrogens with one attached hydrogen (secondary N) is 2. The van der Waals surface area contributed by atoms with E-state index in [1.54, 1.807) is 0 Å². The van der Waals surface area contributed by atoms with Crippen LogP contribution in [0, 0.1) is 5.41 Å². The second-order valence-electron chi connectivity index (χ2n) is 6.29. The van der Waals surface area contributed by atoms with Gasteiger partial charge < -0.3 is 15.2 Å². The summed E-state index contributed by atoms with van der Waals surface area (Å²) in [6.07, 6.45) is 10.9. The smallest absolute Gasteiger partial charge is 0.191 e. The summed E-state index contributed by atoms with van der Waals surface area (Å²) in [4.78, 5) is 4.70. The van der Waals surface area contributed by atoms with Crippen LogP contribution in [-0.4, -0.2) is 23.6 Å². The standard InChI is InChI=1S/C17H30N4.HI/c1-4-17(9-6-7-10-17)14-20-16(18-5-2)19-12-15-8-11-21(3)13-15;/h8,11,13H,4-7,9-10,12,14H2,1-3H3,(H2,18,19,20);1H. The van der Waals surface area contributed by atoms with E-state index in [-0.39, 0.29) is 24.0 Å². The van der Waals surface area contributed by atoms with Crippen molar-refractivity contribution in [3.8, 4) is 0 Å². The van der Waals surface area contributed by atoms with E-state index in [9.17, 15) is 0 Å². The number of aliphatic imine (C=N–C) groups is 1. The van der Waals surface area contributed by atoms with E-state index >= 15 is 0 Å². The Morgan fingerprint density at radius 3 is 2.55 bits per heavy atom. The molecule has 0 saturated heterocycles. The Morgan fingerprint density at radius 1 is 1.27 bits per heavy atom. The van der Waals surface area contributed by atoms with Gasteiger partial charge in [0.1, 0.15) is 0 Å². The molecular formula is C17H31IN4. The molecule has 1 aromatic rings. The van der Waals surface area contributed by atoms with E-state index in [0.29, 0.717) is 5.41 Å². The van der Waals surface area contributed by atoms with Gasteiger partial charge >= 0.3 is 0 Å². The maximum atomic E-state index is 4.70. The van der Waals surface area contributed by atoms with Crippen LogP contribution in [0.25, 0.3) is 0 Å². The molecule has 0 aromatic carbocycles.